The summed E-state index contributed by atoms with van der Waals surface area (Å²) in [6.45, 7) is 1.60. The molecule has 0 fully saturated rings. The summed E-state index contributed by atoms with van der Waals surface area (Å²) in [5.41, 5.74) is 1.36. The lowest BCUT2D eigenvalue weighted by Crippen LogP contribution is -2.31. The van der Waals surface area contributed by atoms with E-state index in [1.807, 2.05) is 4.72 Å². The van der Waals surface area contributed by atoms with Gasteiger partial charge in [-0.25, -0.2) is 9.71 Å². The summed E-state index contributed by atoms with van der Waals surface area (Å²) >= 11 is 6.19. The molecule has 3 rings (SSSR count). The number of nitrogens with one attached hydrogen (secondary N) is 1. The third-order valence-electron chi connectivity index (χ3n) is 3.65. The minimum Gasteiger partial charge on any atom is -0.274 e. The second-order valence-electron chi connectivity index (χ2n) is 5.60. The van der Waals surface area contributed by atoms with Crippen LogP contribution in [-0.4, -0.2) is 29.1 Å². The molecule has 2 heterocycles. The zero-order chi connectivity index (χ0) is 18.9. The number of halogens is 1. The van der Waals surface area contributed by atoms with Crippen LogP contribution in [0.5, 0.6) is 0 Å². The minimum absolute atomic E-state index is 0.0951. The monoisotopic (exact) mass is 390 g/mol. The van der Waals surface area contributed by atoms with Crippen LogP contribution in [0, 0.1) is 6.92 Å². The van der Waals surface area contributed by atoms with Gasteiger partial charge in [0.2, 0.25) is 0 Å². The topological polar surface area (TPSA) is 94.0 Å². The molecule has 134 valence electrons. The number of carbonyl (C=O) groups excluding carboxylic acids is 1. The van der Waals surface area contributed by atoms with Crippen molar-refractivity contribution in [3.63, 3.8) is 0 Å². The van der Waals surface area contributed by atoms with E-state index in [1.54, 1.807) is 50.4 Å². The molecule has 7 nitrogen and oxygen atoms in total. The highest BCUT2D eigenvalue weighted by molar-refractivity contribution is 7.90. The fraction of sp³-hybridized carbons (Fsp3) is 0.118. The normalized spacial score (nSPS) is 11.3. The van der Waals surface area contributed by atoms with E-state index in [0.717, 1.165) is 0 Å². The Balaban J connectivity index is 2.00. The Hall–Kier alpha value is -2.71. The number of aromatic nitrogens is 3. The molecule has 0 aliphatic heterocycles. The van der Waals surface area contributed by atoms with Crippen LogP contribution in [0.15, 0.2) is 53.8 Å². The molecule has 3 aromatic rings. The van der Waals surface area contributed by atoms with Gasteiger partial charge in [0.05, 0.1) is 10.6 Å². The number of aryl methyl sites for hydroxylation is 2. The Morgan fingerprint density at radius 2 is 1.92 bits per heavy atom. The molecule has 0 radical (unpaired) electrons. The molecule has 9 heteroatoms. The summed E-state index contributed by atoms with van der Waals surface area (Å²) in [5.74, 6) is -0.807. The number of nitrogens with zero attached hydrogens (tertiary/aromatic N) is 3. The average Bonchev–Trinajstić information content (AvgIpc) is 2.97. The standard InChI is InChI=1S/C17H15ClN4O3S/c1-11-6-5-9-19-17(11)26(24,25)21-16(23)13-10-22(2)20-15(13)12-7-3-4-8-14(12)18/h3-10H,1-2H3,(H,21,23). The predicted octanol–water partition coefficient (Wildman–Crippen LogP) is 2.56. The zero-order valence-corrected chi connectivity index (χ0v) is 15.5. The minimum atomic E-state index is -4.12. The van der Waals surface area contributed by atoms with Gasteiger partial charge >= 0.3 is 0 Å². The Morgan fingerprint density at radius 3 is 2.62 bits per heavy atom. The maximum Gasteiger partial charge on any atom is 0.282 e. The van der Waals surface area contributed by atoms with Gasteiger partial charge in [-0.2, -0.15) is 13.5 Å². The van der Waals surface area contributed by atoms with Gasteiger partial charge in [0.15, 0.2) is 5.03 Å². The maximum absolute atomic E-state index is 12.6. The second kappa shape index (κ2) is 6.89. The molecule has 0 spiro atoms. The first-order valence-electron chi connectivity index (χ1n) is 7.57. The highest BCUT2D eigenvalue weighted by Gasteiger charge is 2.25. The fourth-order valence-corrected chi connectivity index (χ4v) is 3.85. The van der Waals surface area contributed by atoms with Crippen molar-refractivity contribution in [2.75, 3.05) is 0 Å². The Labute approximate surface area is 155 Å². The number of rotatable bonds is 4. The molecular formula is C17H15ClN4O3S. The first-order valence-corrected chi connectivity index (χ1v) is 9.43. The van der Waals surface area contributed by atoms with Gasteiger partial charge in [-0.3, -0.25) is 9.48 Å². The van der Waals surface area contributed by atoms with Gasteiger partial charge in [0, 0.05) is 25.0 Å². The van der Waals surface area contributed by atoms with E-state index >= 15 is 0 Å². The van der Waals surface area contributed by atoms with E-state index in [0.29, 0.717) is 21.8 Å². The molecule has 0 aliphatic carbocycles. The van der Waals surface area contributed by atoms with Crippen LogP contribution in [0.25, 0.3) is 11.3 Å². The van der Waals surface area contributed by atoms with Crippen molar-refractivity contribution in [3.05, 3.63) is 64.9 Å². The van der Waals surface area contributed by atoms with E-state index in [4.69, 9.17) is 11.6 Å². The average molecular weight is 391 g/mol. The van der Waals surface area contributed by atoms with Crippen LogP contribution in [0.4, 0.5) is 0 Å². The van der Waals surface area contributed by atoms with Gasteiger partial charge in [-0.05, 0) is 24.6 Å². The molecule has 1 N–H and O–H groups in total. The molecule has 0 unspecified atom stereocenters. The Bertz CT molecular complexity index is 1090. The number of pyridine rings is 1. The van der Waals surface area contributed by atoms with E-state index < -0.39 is 15.9 Å². The summed E-state index contributed by atoms with van der Waals surface area (Å²) in [6, 6.07) is 10.1. The molecule has 0 bridgehead atoms. The van der Waals surface area contributed by atoms with Crippen LogP contribution in [0.1, 0.15) is 15.9 Å². The van der Waals surface area contributed by atoms with Crippen LogP contribution in [0.2, 0.25) is 5.02 Å². The third-order valence-corrected chi connectivity index (χ3v) is 5.37. The molecule has 2 aromatic heterocycles. The van der Waals surface area contributed by atoms with Gasteiger partial charge in [0.25, 0.3) is 15.9 Å². The number of carbonyl (C=O) groups is 1. The number of hydrogen-bond donors (Lipinski definition) is 1. The first-order chi connectivity index (χ1) is 12.3. The molecule has 0 saturated carbocycles. The molecule has 1 amide bonds. The van der Waals surface area contributed by atoms with E-state index in [9.17, 15) is 13.2 Å². The van der Waals surface area contributed by atoms with E-state index in [-0.39, 0.29) is 10.6 Å². The summed E-state index contributed by atoms with van der Waals surface area (Å²) in [5, 5.41) is 4.45. The molecule has 0 saturated heterocycles. The summed E-state index contributed by atoms with van der Waals surface area (Å²) in [7, 11) is -2.49. The smallest absolute Gasteiger partial charge is 0.274 e. The van der Waals surface area contributed by atoms with Crippen molar-refractivity contribution in [3.8, 4) is 11.3 Å². The van der Waals surface area contributed by atoms with Crippen molar-refractivity contribution < 1.29 is 13.2 Å². The van der Waals surface area contributed by atoms with E-state index in [2.05, 4.69) is 10.1 Å². The number of benzene rings is 1. The van der Waals surface area contributed by atoms with Crippen LogP contribution in [0.3, 0.4) is 0 Å². The molecule has 26 heavy (non-hydrogen) atoms. The molecular weight excluding hydrogens is 376 g/mol. The van der Waals surface area contributed by atoms with Gasteiger partial charge < -0.3 is 0 Å². The van der Waals surface area contributed by atoms with Crippen LogP contribution in [-0.2, 0) is 17.1 Å². The lowest BCUT2D eigenvalue weighted by molar-refractivity contribution is 0.0982. The van der Waals surface area contributed by atoms with Gasteiger partial charge in [0.1, 0.15) is 5.69 Å². The number of sulfonamides is 1. The van der Waals surface area contributed by atoms with E-state index in [1.165, 1.54) is 17.1 Å². The quantitative estimate of drug-likeness (QED) is 0.738. The largest absolute Gasteiger partial charge is 0.282 e. The third kappa shape index (κ3) is 3.47. The van der Waals surface area contributed by atoms with Gasteiger partial charge in [-0.15, -0.1) is 0 Å². The SMILES string of the molecule is Cc1cccnc1S(=O)(=O)NC(=O)c1cn(C)nc1-c1ccccc1Cl. The van der Waals surface area contributed by atoms with Crippen molar-refractivity contribution in [1.82, 2.24) is 19.5 Å². The summed E-state index contributed by atoms with van der Waals surface area (Å²) < 4.78 is 28.5. The van der Waals surface area contributed by atoms with Gasteiger partial charge in [-0.1, -0.05) is 35.9 Å². The van der Waals surface area contributed by atoms with Crippen molar-refractivity contribution in [2.24, 2.45) is 7.05 Å². The highest BCUT2D eigenvalue weighted by atomic mass is 35.5. The molecule has 0 atom stereocenters. The number of amides is 1. The zero-order valence-electron chi connectivity index (χ0n) is 14.0. The van der Waals surface area contributed by atoms with Crippen LogP contribution < -0.4 is 4.72 Å². The Morgan fingerprint density at radius 1 is 1.19 bits per heavy atom. The Kier molecular flexibility index (Phi) is 4.80. The summed E-state index contributed by atoms with van der Waals surface area (Å²) in [4.78, 5) is 16.5. The summed E-state index contributed by atoms with van der Waals surface area (Å²) in [6.07, 6.45) is 2.79. The van der Waals surface area contributed by atoms with Crippen molar-refractivity contribution in [1.29, 1.82) is 0 Å². The second-order valence-corrected chi connectivity index (χ2v) is 7.61. The molecule has 1 aromatic carbocycles. The predicted molar refractivity (Wildman–Crippen MR) is 97.3 cm³/mol. The number of hydrogen-bond acceptors (Lipinski definition) is 5. The maximum atomic E-state index is 12.6. The lowest BCUT2D eigenvalue weighted by atomic mass is 10.1. The van der Waals surface area contributed by atoms with Crippen molar-refractivity contribution >= 4 is 27.5 Å². The van der Waals surface area contributed by atoms with Crippen molar-refractivity contribution in [2.45, 2.75) is 11.9 Å². The highest BCUT2D eigenvalue weighted by Crippen LogP contribution is 2.29. The first kappa shape index (κ1) is 18.1. The lowest BCUT2D eigenvalue weighted by Gasteiger charge is -2.08. The molecule has 0 aliphatic rings. The van der Waals surface area contributed by atoms with Crippen LogP contribution >= 0.6 is 11.6 Å². The fourth-order valence-electron chi connectivity index (χ4n) is 2.48.